The molecule has 0 atom stereocenters. The van der Waals surface area contributed by atoms with Crippen LogP contribution in [0.2, 0.25) is 0 Å². The summed E-state index contributed by atoms with van der Waals surface area (Å²) in [6.45, 7) is 4.68. The van der Waals surface area contributed by atoms with E-state index in [1.54, 1.807) is 16.7 Å². The number of rotatable bonds is 5. The average Bonchev–Trinajstić information content (AvgIpc) is 2.65. The van der Waals surface area contributed by atoms with Crippen LogP contribution in [0, 0.1) is 13.8 Å². The topological polar surface area (TPSA) is 68.5 Å². The van der Waals surface area contributed by atoms with Crippen molar-refractivity contribution in [3.8, 4) is 5.75 Å². The van der Waals surface area contributed by atoms with Crippen LogP contribution in [-0.4, -0.2) is 22.2 Å². The highest BCUT2D eigenvalue weighted by Crippen LogP contribution is 2.13. The molecule has 0 aliphatic carbocycles. The van der Waals surface area contributed by atoms with Crippen LogP contribution in [0.25, 0.3) is 0 Å². The lowest BCUT2D eigenvalue weighted by Gasteiger charge is -2.08. The molecule has 1 aromatic carbocycles. The third kappa shape index (κ3) is 3.08. The number of aryl methyl sites for hydroxylation is 1. The maximum Gasteiger partial charge on any atom is 0.335 e. The maximum atomic E-state index is 11.7. The van der Waals surface area contributed by atoms with E-state index in [-0.39, 0.29) is 10.4 Å². The van der Waals surface area contributed by atoms with Gasteiger partial charge in [0.25, 0.3) is 0 Å². The number of carboxylic acid groups (broad SMARTS) is 1. The van der Waals surface area contributed by atoms with Crippen molar-refractivity contribution in [2.24, 2.45) is 0 Å². The summed E-state index contributed by atoms with van der Waals surface area (Å²) in [6.07, 6.45) is 0. The number of hydrogen-bond donors (Lipinski definition) is 1. The van der Waals surface area contributed by atoms with Crippen molar-refractivity contribution in [2.75, 3.05) is 6.61 Å². The van der Waals surface area contributed by atoms with Gasteiger partial charge in [0.2, 0.25) is 0 Å². The molecule has 2 rings (SSSR count). The lowest BCUT2D eigenvalue weighted by molar-refractivity contribution is 0.0697. The molecule has 1 aromatic heterocycles. The fraction of sp³-hybridized carbons (Fsp3) is 0.286. The number of ether oxygens (including phenoxy) is 1. The van der Waals surface area contributed by atoms with Crippen molar-refractivity contribution in [3.63, 3.8) is 0 Å². The van der Waals surface area contributed by atoms with Gasteiger partial charge in [0, 0.05) is 10.6 Å². The SMILES string of the molecule is Cc1sc(=O)n(CCOc2ccc(C(=O)O)cc2)c1C. The molecular weight excluding hydrogens is 278 g/mol. The number of benzene rings is 1. The molecule has 1 N–H and O–H groups in total. The molecular formula is C14H15NO4S. The van der Waals surface area contributed by atoms with Gasteiger partial charge in [-0.2, -0.15) is 0 Å². The van der Waals surface area contributed by atoms with E-state index >= 15 is 0 Å². The number of nitrogens with zero attached hydrogens (tertiary/aromatic N) is 1. The van der Waals surface area contributed by atoms with Crippen LogP contribution in [0.4, 0.5) is 0 Å². The van der Waals surface area contributed by atoms with Crippen molar-refractivity contribution >= 4 is 17.3 Å². The lowest BCUT2D eigenvalue weighted by Crippen LogP contribution is -2.19. The molecule has 0 radical (unpaired) electrons. The zero-order chi connectivity index (χ0) is 14.7. The third-order valence-electron chi connectivity index (χ3n) is 3.06. The number of aromatic nitrogens is 1. The summed E-state index contributed by atoms with van der Waals surface area (Å²) < 4.78 is 7.20. The van der Waals surface area contributed by atoms with Gasteiger partial charge in [-0.25, -0.2) is 4.79 Å². The van der Waals surface area contributed by atoms with E-state index in [4.69, 9.17) is 9.84 Å². The predicted molar refractivity (Wildman–Crippen MR) is 76.9 cm³/mol. The van der Waals surface area contributed by atoms with E-state index in [9.17, 15) is 9.59 Å². The monoisotopic (exact) mass is 293 g/mol. The van der Waals surface area contributed by atoms with Crippen LogP contribution in [-0.2, 0) is 6.54 Å². The van der Waals surface area contributed by atoms with Gasteiger partial charge in [-0.3, -0.25) is 9.36 Å². The quantitative estimate of drug-likeness (QED) is 0.918. The van der Waals surface area contributed by atoms with Gasteiger partial charge in [0.15, 0.2) is 0 Å². The Morgan fingerprint density at radius 2 is 1.95 bits per heavy atom. The summed E-state index contributed by atoms with van der Waals surface area (Å²) in [5.41, 5.74) is 1.18. The van der Waals surface area contributed by atoms with Crippen molar-refractivity contribution in [1.29, 1.82) is 0 Å². The molecule has 2 aromatic rings. The summed E-state index contributed by atoms with van der Waals surface area (Å²) >= 11 is 1.23. The molecule has 1 heterocycles. The first kappa shape index (κ1) is 14.3. The van der Waals surface area contributed by atoms with Gasteiger partial charge >= 0.3 is 10.8 Å². The van der Waals surface area contributed by atoms with Crippen molar-refractivity contribution in [1.82, 2.24) is 4.57 Å². The molecule has 5 nitrogen and oxygen atoms in total. The number of hydrogen-bond acceptors (Lipinski definition) is 4. The zero-order valence-electron chi connectivity index (χ0n) is 11.3. The predicted octanol–water partition coefficient (Wildman–Crippen LogP) is 2.30. The van der Waals surface area contributed by atoms with E-state index in [1.165, 1.54) is 23.5 Å². The van der Waals surface area contributed by atoms with E-state index in [0.29, 0.717) is 18.9 Å². The molecule has 0 aliphatic heterocycles. The Bertz CT molecular complexity index is 669. The molecule has 6 heteroatoms. The Kier molecular flexibility index (Phi) is 4.24. The Morgan fingerprint density at radius 1 is 1.30 bits per heavy atom. The number of thiazole rings is 1. The highest BCUT2D eigenvalue weighted by Gasteiger charge is 2.07. The summed E-state index contributed by atoms with van der Waals surface area (Å²) in [4.78, 5) is 23.4. The average molecular weight is 293 g/mol. The summed E-state index contributed by atoms with van der Waals surface area (Å²) in [7, 11) is 0. The second kappa shape index (κ2) is 5.92. The number of carboxylic acids is 1. The molecule has 0 saturated heterocycles. The minimum Gasteiger partial charge on any atom is -0.492 e. The largest absolute Gasteiger partial charge is 0.492 e. The van der Waals surface area contributed by atoms with Gasteiger partial charge in [0.05, 0.1) is 12.1 Å². The smallest absolute Gasteiger partial charge is 0.335 e. The van der Waals surface area contributed by atoms with Crippen LogP contribution < -0.4 is 9.61 Å². The Hall–Kier alpha value is -2.08. The van der Waals surface area contributed by atoms with Crippen LogP contribution in [0.3, 0.4) is 0 Å². The first-order valence-electron chi connectivity index (χ1n) is 6.12. The molecule has 0 fully saturated rings. The van der Waals surface area contributed by atoms with E-state index < -0.39 is 5.97 Å². The zero-order valence-corrected chi connectivity index (χ0v) is 12.1. The van der Waals surface area contributed by atoms with Gasteiger partial charge < -0.3 is 9.84 Å². The lowest BCUT2D eigenvalue weighted by atomic mass is 10.2. The fourth-order valence-corrected chi connectivity index (χ4v) is 2.65. The molecule has 0 spiro atoms. The third-order valence-corrected chi connectivity index (χ3v) is 4.06. The van der Waals surface area contributed by atoms with E-state index in [2.05, 4.69) is 0 Å². The van der Waals surface area contributed by atoms with Crippen LogP contribution in [0.1, 0.15) is 20.9 Å². The Labute approximate surface area is 120 Å². The molecule has 0 aliphatic rings. The van der Waals surface area contributed by atoms with E-state index in [0.717, 1.165) is 10.6 Å². The van der Waals surface area contributed by atoms with Gasteiger partial charge in [-0.05, 0) is 38.1 Å². The fourth-order valence-electron chi connectivity index (χ4n) is 1.79. The van der Waals surface area contributed by atoms with Crippen molar-refractivity contribution in [3.05, 3.63) is 50.1 Å². The van der Waals surface area contributed by atoms with Crippen LogP contribution >= 0.6 is 11.3 Å². The van der Waals surface area contributed by atoms with Crippen LogP contribution in [0.15, 0.2) is 29.1 Å². The molecule has 0 bridgehead atoms. The highest BCUT2D eigenvalue weighted by atomic mass is 32.1. The Morgan fingerprint density at radius 3 is 2.45 bits per heavy atom. The molecule has 0 unspecified atom stereocenters. The second-order valence-corrected chi connectivity index (χ2v) is 5.50. The second-order valence-electron chi connectivity index (χ2n) is 4.34. The molecule has 20 heavy (non-hydrogen) atoms. The van der Waals surface area contributed by atoms with Crippen LogP contribution in [0.5, 0.6) is 5.75 Å². The van der Waals surface area contributed by atoms with Gasteiger partial charge in [-0.1, -0.05) is 11.3 Å². The maximum absolute atomic E-state index is 11.7. The number of carbonyl (C=O) groups is 1. The normalized spacial score (nSPS) is 10.5. The Balaban J connectivity index is 1.96. The van der Waals surface area contributed by atoms with Crippen molar-refractivity contribution in [2.45, 2.75) is 20.4 Å². The summed E-state index contributed by atoms with van der Waals surface area (Å²) in [5, 5.41) is 8.79. The summed E-state index contributed by atoms with van der Waals surface area (Å²) in [5.74, 6) is -0.375. The van der Waals surface area contributed by atoms with E-state index in [1.807, 2.05) is 13.8 Å². The number of aromatic carboxylic acids is 1. The van der Waals surface area contributed by atoms with Gasteiger partial charge in [0.1, 0.15) is 12.4 Å². The first-order chi connectivity index (χ1) is 9.49. The molecule has 0 amide bonds. The minimum atomic E-state index is -0.965. The highest BCUT2D eigenvalue weighted by molar-refractivity contribution is 7.09. The summed E-state index contributed by atoms with van der Waals surface area (Å²) in [6, 6.07) is 6.20. The van der Waals surface area contributed by atoms with Gasteiger partial charge in [-0.15, -0.1) is 0 Å². The standard InChI is InChI=1S/C14H15NO4S/c1-9-10(2)20-14(18)15(9)7-8-19-12-5-3-11(4-6-12)13(16)17/h3-6H,7-8H2,1-2H3,(H,16,17). The molecule has 106 valence electrons. The first-order valence-corrected chi connectivity index (χ1v) is 6.93. The van der Waals surface area contributed by atoms with Crippen molar-refractivity contribution < 1.29 is 14.6 Å². The minimum absolute atomic E-state index is 0.0184. The molecule has 0 saturated carbocycles.